The molecule has 3 rings (SSSR count). The minimum absolute atomic E-state index is 0.0387. The third-order valence-corrected chi connectivity index (χ3v) is 4.22. The molecule has 140 valence electrons. The molecule has 7 heteroatoms. The molecule has 0 bridgehead atoms. The van der Waals surface area contributed by atoms with Gasteiger partial charge in [0, 0.05) is 13.2 Å². The predicted molar refractivity (Wildman–Crippen MR) is 102 cm³/mol. The van der Waals surface area contributed by atoms with E-state index in [1.165, 1.54) is 0 Å². The Bertz CT molecular complexity index is 908. The average molecular weight is 365 g/mol. The van der Waals surface area contributed by atoms with Crippen LogP contribution >= 0.6 is 0 Å². The lowest BCUT2D eigenvalue weighted by Crippen LogP contribution is -2.38. The van der Waals surface area contributed by atoms with Crippen LogP contribution in [0.25, 0.3) is 11.5 Å². The Kier molecular flexibility index (Phi) is 5.61. The first-order valence-electron chi connectivity index (χ1n) is 8.67. The van der Waals surface area contributed by atoms with Crippen LogP contribution in [0.1, 0.15) is 23.1 Å². The van der Waals surface area contributed by atoms with Gasteiger partial charge in [0.05, 0.1) is 6.54 Å². The van der Waals surface area contributed by atoms with Gasteiger partial charge in [0.15, 0.2) is 0 Å². The number of benzene rings is 1. The van der Waals surface area contributed by atoms with E-state index in [1.807, 2.05) is 68.4 Å². The van der Waals surface area contributed by atoms with E-state index in [0.29, 0.717) is 17.4 Å². The van der Waals surface area contributed by atoms with E-state index in [-0.39, 0.29) is 18.5 Å². The van der Waals surface area contributed by atoms with Crippen molar-refractivity contribution in [3.63, 3.8) is 0 Å². The van der Waals surface area contributed by atoms with E-state index in [2.05, 4.69) is 15.1 Å². The molecule has 27 heavy (non-hydrogen) atoms. The van der Waals surface area contributed by atoms with Crippen molar-refractivity contribution in [3.05, 3.63) is 65.7 Å². The molecular weight excluding hydrogens is 342 g/mol. The highest BCUT2D eigenvalue weighted by Gasteiger charge is 2.27. The molecule has 0 aliphatic heterocycles. The largest absolute Gasteiger partial charge is 0.337 e. The van der Waals surface area contributed by atoms with Crippen molar-refractivity contribution >= 4 is 5.91 Å². The fourth-order valence-electron chi connectivity index (χ4n) is 2.91. The molecule has 1 aromatic carbocycles. The summed E-state index contributed by atoms with van der Waals surface area (Å²) in [6, 6.07) is 13.1. The van der Waals surface area contributed by atoms with Crippen LogP contribution in [-0.2, 0) is 11.3 Å². The molecule has 3 aromatic rings. The lowest BCUT2D eigenvalue weighted by molar-refractivity contribution is -0.135. The molecule has 0 fully saturated rings. The fourth-order valence-corrected chi connectivity index (χ4v) is 2.91. The van der Waals surface area contributed by atoms with Gasteiger partial charge in [0.2, 0.25) is 17.6 Å². The molecular formula is C20H23N5O2. The van der Waals surface area contributed by atoms with Crippen LogP contribution in [0.15, 0.2) is 53.2 Å². The standard InChI is InChI=1S/C20H23N5O2/c1-14-8-7-9-15(12-14)18(24(2)3)20(26)25(4)13-17-22-19(23-27-17)16-10-5-6-11-21-16/h5-12,18H,13H2,1-4H3/t18-/m1/s1. The summed E-state index contributed by atoms with van der Waals surface area (Å²) in [7, 11) is 5.52. The van der Waals surface area contributed by atoms with Crippen molar-refractivity contribution in [1.82, 2.24) is 24.9 Å². The van der Waals surface area contributed by atoms with E-state index in [0.717, 1.165) is 11.1 Å². The zero-order valence-electron chi connectivity index (χ0n) is 16.0. The van der Waals surface area contributed by atoms with Gasteiger partial charge in [-0.3, -0.25) is 14.7 Å². The smallest absolute Gasteiger partial charge is 0.246 e. The lowest BCUT2D eigenvalue weighted by atomic mass is 10.0. The van der Waals surface area contributed by atoms with Crippen LogP contribution in [0.3, 0.4) is 0 Å². The van der Waals surface area contributed by atoms with Gasteiger partial charge in [0.25, 0.3) is 0 Å². The third kappa shape index (κ3) is 4.38. The Morgan fingerprint density at radius 2 is 1.96 bits per heavy atom. The first-order chi connectivity index (χ1) is 13.0. The zero-order valence-corrected chi connectivity index (χ0v) is 16.0. The topological polar surface area (TPSA) is 75.4 Å². The van der Waals surface area contributed by atoms with Gasteiger partial charge >= 0.3 is 0 Å². The summed E-state index contributed by atoms with van der Waals surface area (Å²) in [6.45, 7) is 2.25. The normalized spacial score (nSPS) is 12.2. The second-order valence-electron chi connectivity index (χ2n) is 6.70. The predicted octanol–water partition coefficient (Wildman–Crippen LogP) is 2.70. The number of carbonyl (C=O) groups is 1. The first-order valence-corrected chi connectivity index (χ1v) is 8.67. The molecule has 0 aliphatic rings. The van der Waals surface area contributed by atoms with Crippen molar-refractivity contribution in [2.45, 2.75) is 19.5 Å². The van der Waals surface area contributed by atoms with Crippen molar-refractivity contribution < 1.29 is 9.32 Å². The van der Waals surface area contributed by atoms with Gasteiger partial charge in [-0.15, -0.1) is 0 Å². The van der Waals surface area contributed by atoms with Crippen molar-refractivity contribution in [1.29, 1.82) is 0 Å². The highest BCUT2D eigenvalue weighted by atomic mass is 16.5. The van der Waals surface area contributed by atoms with Crippen molar-refractivity contribution in [3.8, 4) is 11.5 Å². The van der Waals surface area contributed by atoms with Crippen molar-refractivity contribution in [2.75, 3.05) is 21.1 Å². The van der Waals surface area contributed by atoms with Gasteiger partial charge in [-0.2, -0.15) is 4.98 Å². The number of aryl methyl sites for hydroxylation is 1. The lowest BCUT2D eigenvalue weighted by Gasteiger charge is -2.28. The van der Waals surface area contributed by atoms with Crippen LogP contribution in [0.5, 0.6) is 0 Å². The Balaban J connectivity index is 1.75. The Morgan fingerprint density at radius 3 is 2.63 bits per heavy atom. The molecule has 0 N–H and O–H groups in total. The molecule has 0 aliphatic carbocycles. The number of rotatable bonds is 6. The SMILES string of the molecule is Cc1cccc([C@H](C(=O)N(C)Cc2nc(-c3ccccn3)no2)N(C)C)c1. The quantitative estimate of drug-likeness (QED) is 0.669. The van der Waals surface area contributed by atoms with Gasteiger partial charge in [-0.1, -0.05) is 41.1 Å². The monoisotopic (exact) mass is 365 g/mol. The second kappa shape index (κ2) is 8.09. The first kappa shape index (κ1) is 18.7. The molecule has 2 aromatic heterocycles. The Hall–Kier alpha value is -3.06. The molecule has 0 saturated heterocycles. The molecule has 7 nitrogen and oxygen atoms in total. The minimum Gasteiger partial charge on any atom is -0.337 e. The number of carbonyl (C=O) groups excluding carboxylic acids is 1. The van der Waals surface area contributed by atoms with Crippen LogP contribution in [-0.4, -0.2) is 52.0 Å². The van der Waals surface area contributed by atoms with E-state index in [1.54, 1.807) is 18.1 Å². The number of hydrogen-bond donors (Lipinski definition) is 0. The minimum atomic E-state index is -0.381. The average Bonchev–Trinajstić information content (AvgIpc) is 3.11. The maximum absolute atomic E-state index is 13.1. The van der Waals surface area contributed by atoms with E-state index < -0.39 is 0 Å². The van der Waals surface area contributed by atoms with Gasteiger partial charge in [-0.25, -0.2) is 0 Å². The van der Waals surface area contributed by atoms with E-state index in [9.17, 15) is 4.79 Å². The summed E-state index contributed by atoms with van der Waals surface area (Å²) < 4.78 is 5.30. The summed E-state index contributed by atoms with van der Waals surface area (Å²) in [4.78, 5) is 25.1. The number of nitrogens with zero attached hydrogens (tertiary/aromatic N) is 5. The highest BCUT2D eigenvalue weighted by molar-refractivity contribution is 5.83. The molecule has 0 spiro atoms. The van der Waals surface area contributed by atoms with Gasteiger partial charge < -0.3 is 9.42 Å². The summed E-state index contributed by atoms with van der Waals surface area (Å²) in [6.07, 6.45) is 1.67. The Labute approximate surface area is 158 Å². The van der Waals surface area contributed by atoms with Crippen molar-refractivity contribution in [2.24, 2.45) is 0 Å². The summed E-state index contributed by atoms with van der Waals surface area (Å²) in [5.41, 5.74) is 2.70. The highest BCUT2D eigenvalue weighted by Crippen LogP contribution is 2.22. The molecule has 0 saturated carbocycles. The maximum atomic E-state index is 13.1. The number of amides is 1. The summed E-state index contributed by atoms with van der Waals surface area (Å²) in [5, 5.41) is 3.95. The molecule has 0 unspecified atom stereocenters. The fraction of sp³-hybridized carbons (Fsp3) is 0.300. The molecule has 1 amide bonds. The van der Waals surface area contributed by atoms with Crippen LogP contribution in [0, 0.1) is 6.92 Å². The van der Waals surface area contributed by atoms with Crippen LogP contribution in [0.4, 0.5) is 0 Å². The summed E-state index contributed by atoms with van der Waals surface area (Å²) in [5.74, 6) is 0.741. The number of pyridine rings is 1. The molecule has 2 heterocycles. The van der Waals surface area contributed by atoms with E-state index in [4.69, 9.17) is 4.52 Å². The third-order valence-electron chi connectivity index (χ3n) is 4.22. The van der Waals surface area contributed by atoms with Gasteiger partial charge in [-0.05, 0) is 38.7 Å². The van der Waals surface area contributed by atoms with Gasteiger partial charge in [0.1, 0.15) is 11.7 Å². The van der Waals surface area contributed by atoms with E-state index >= 15 is 0 Å². The zero-order chi connectivity index (χ0) is 19.4. The second-order valence-corrected chi connectivity index (χ2v) is 6.70. The molecule has 0 radical (unpaired) electrons. The van der Waals surface area contributed by atoms with Crippen LogP contribution in [0.2, 0.25) is 0 Å². The number of likely N-dealkylation sites (N-methyl/N-ethyl adjacent to an activating group) is 2. The van der Waals surface area contributed by atoms with Crippen LogP contribution < -0.4 is 0 Å². The number of aromatic nitrogens is 3. The summed E-state index contributed by atoms with van der Waals surface area (Å²) >= 11 is 0. The molecule has 1 atom stereocenters. The number of hydrogen-bond acceptors (Lipinski definition) is 6. The Morgan fingerprint density at radius 1 is 1.15 bits per heavy atom. The maximum Gasteiger partial charge on any atom is 0.246 e.